The van der Waals surface area contributed by atoms with Crippen molar-refractivity contribution in [1.29, 1.82) is 0 Å². The normalized spacial score (nSPS) is 11.2. The Morgan fingerprint density at radius 1 is 1.41 bits per heavy atom. The lowest BCUT2D eigenvalue weighted by atomic mass is 10.3. The summed E-state index contributed by atoms with van der Waals surface area (Å²) in [5, 5.41) is 0.620. The Morgan fingerprint density at radius 2 is 2.24 bits per heavy atom. The van der Waals surface area contributed by atoms with E-state index in [0.717, 1.165) is 42.8 Å². The molecule has 0 N–H and O–H groups in total. The fourth-order valence-corrected chi connectivity index (χ4v) is 2.18. The maximum absolute atomic E-state index is 5.92. The Bertz CT molecular complexity index is 508. The highest BCUT2D eigenvalue weighted by Crippen LogP contribution is 2.19. The summed E-state index contributed by atoms with van der Waals surface area (Å²) >= 11 is 11.7. The number of nitrogens with zero attached hydrogens (tertiary/aromatic N) is 3. The third-order valence-corrected chi connectivity index (χ3v) is 3.08. The molecule has 0 radical (unpaired) electrons. The molecule has 0 fully saturated rings. The van der Waals surface area contributed by atoms with Crippen molar-refractivity contribution in [3.63, 3.8) is 0 Å². The summed E-state index contributed by atoms with van der Waals surface area (Å²) < 4.78 is 2.15. The molecule has 0 aromatic carbocycles. The maximum Gasteiger partial charge on any atom is 0.160 e. The van der Waals surface area contributed by atoms with Crippen molar-refractivity contribution >= 4 is 34.4 Å². The van der Waals surface area contributed by atoms with Crippen molar-refractivity contribution in [3.8, 4) is 0 Å². The van der Waals surface area contributed by atoms with Crippen molar-refractivity contribution in [3.05, 3.63) is 23.1 Å². The second kappa shape index (κ2) is 5.69. The summed E-state index contributed by atoms with van der Waals surface area (Å²) in [6.07, 6.45) is 4.69. The van der Waals surface area contributed by atoms with Crippen LogP contribution in [0.25, 0.3) is 11.2 Å². The minimum absolute atomic E-state index is 0.573. The predicted molar refractivity (Wildman–Crippen MR) is 71.9 cm³/mol. The van der Waals surface area contributed by atoms with Crippen molar-refractivity contribution in [2.24, 2.45) is 0 Å². The number of hydrogen-bond acceptors (Lipinski definition) is 2. The van der Waals surface area contributed by atoms with E-state index >= 15 is 0 Å². The van der Waals surface area contributed by atoms with Crippen LogP contribution in [0, 0.1) is 0 Å². The van der Waals surface area contributed by atoms with E-state index in [4.69, 9.17) is 23.2 Å². The highest BCUT2D eigenvalue weighted by atomic mass is 35.5. The molecular weight excluding hydrogens is 257 g/mol. The van der Waals surface area contributed by atoms with E-state index in [1.807, 2.05) is 6.07 Å². The van der Waals surface area contributed by atoms with E-state index in [0.29, 0.717) is 10.9 Å². The molecule has 0 aliphatic heterocycles. The minimum atomic E-state index is 0.573. The van der Waals surface area contributed by atoms with Gasteiger partial charge in [-0.2, -0.15) is 0 Å². The number of fused-ring (bicyclic) bond motifs is 1. The van der Waals surface area contributed by atoms with Gasteiger partial charge in [0, 0.05) is 25.0 Å². The number of aromatic nitrogens is 3. The lowest BCUT2D eigenvalue weighted by Crippen LogP contribution is -2.05. The van der Waals surface area contributed by atoms with Crippen LogP contribution in [0.1, 0.15) is 25.6 Å². The van der Waals surface area contributed by atoms with Gasteiger partial charge in [0.2, 0.25) is 0 Å². The Balaban J connectivity index is 2.46. The third-order valence-electron chi connectivity index (χ3n) is 2.68. The molecule has 5 heteroatoms. The monoisotopic (exact) mass is 271 g/mol. The molecule has 17 heavy (non-hydrogen) atoms. The third kappa shape index (κ3) is 2.72. The van der Waals surface area contributed by atoms with Gasteiger partial charge in [-0.25, -0.2) is 9.97 Å². The molecule has 2 heterocycles. The molecule has 0 saturated heterocycles. The van der Waals surface area contributed by atoms with Gasteiger partial charge in [-0.15, -0.1) is 11.6 Å². The van der Waals surface area contributed by atoms with Gasteiger partial charge in [-0.1, -0.05) is 24.9 Å². The summed E-state index contributed by atoms with van der Waals surface area (Å²) in [6, 6.07) is 1.85. The Labute approximate surface area is 111 Å². The zero-order valence-corrected chi connectivity index (χ0v) is 11.3. The fraction of sp³-hybridized carbons (Fsp3) is 0.500. The first-order valence-electron chi connectivity index (χ1n) is 5.83. The number of alkyl halides is 1. The second-order valence-corrected chi connectivity index (χ2v) is 4.78. The fourth-order valence-electron chi connectivity index (χ4n) is 1.86. The molecule has 0 atom stereocenters. The molecule has 92 valence electrons. The van der Waals surface area contributed by atoms with Crippen LogP contribution < -0.4 is 0 Å². The minimum Gasteiger partial charge on any atom is -0.313 e. The average Bonchev–Trinajstić information content (AvgIpc) is 2.63. The molecule has 0 unspecified atom stereocenters. The largest absolute Gasteiger partial charge is 0.313 e. The van der Waals surface area contributed by atoms with Gasteiger partial charge >= 0.3 is 0 Å². The SMILES string of the molecule is CCCCn1c(CCCl)nc2cc(Cl)cnc21. The first-order valence-corrected chi connectivity index (χ1v) is 6.74. The van der Waals surface area contributed by atoms with E-state index < -0.39 is 0 Å². The molecule has 0 aliphatic rings. The van der Waals surface area contributed by atoms with E-state index in [-0.39, 0.29) is 0 Å². The Hall–Kier alpha value is -0.800. The number of rotatable bonds is 5. The smallest absolute Gasteiger partial charge is 0.160 e. The lowest BCUT2D eigenvalue weighted by molar-refractivity contribution is 0.616. The Kier molecular flexibility index (Phi) is 4.24. The molecule has 2 aromatic heterocycles. The molecule has 3 nitrogen and oxygen atoms in total. The summed E-state index contributed by atoms with van der Waals surface area (Å²) in [5.74, 6) is 1.57. The molecule has 0 bridgehead atoms. The van der Waals surface area contributed by atoms with Crippen LogP contribution in [0.2, 0.25) is 5.02 Å². The van der Waals surface area contributed by atoms with Crippen LogP contribution in [0.3, 0.4) is 0 Å². The molecule has 0 saturated carbocycles. The predicted octanol–water partition coefficient (Wildman–Crippen LogP) is 3.67. The first kappa shape index (κ1) is 12.7. The van der Waals surface area contributed by atoms with Crippen LogP contribution in [0.4, 0.5) is 0 Å². The van der Waals surface area contributed by atoms with Crippen molar-refractivity contribution < 1.29 is 0 Å². The van der Waals surface area contributed by atoms with Gasteiger partial charge in [0.1, 0.15) is 11.3 Å². The number of pyridine rings is 1. The maximum atomic E-state index is 5.92. The number of unbranched alkanes of at least 4 members (excludes halogenated alkanes) is 1. The number of imidazole rings is 1. The van der Waals surface area contributed by atoms with E-state index in [1.54, 1.807) is 6.20 Å². The summed E-state index contributed by atoms with van der Waals surface area (Å²) in [7, 11) is 0. The molecule has 2 aromatic rings. The molecule has 2 rings (SSSR count). The van der Waals surface area contributed by atoms with E-state index in [9.17, 15) is 0 Å². The van der Waals surface area contributed by atoms with Crippen molar-refractivity contribution in [2.45, 2.75) is 32.7 Å². The highest BCUT2D eigenvalue weighted by molar-refractivity contribution is 6.31. The molecule has 0 aliphatic carbocycles. The van der Waals surface area contributed by atoms with Gasteiger partial charge < -0.3 is 4.57 Å². The van der Waals surface area contributed by atoms with Crippen LogP contribution in [-0.4, -0.2) is 20.4 Å². The van der Waals surface area contributed by atoms with Crippen molar-refractivity contribution in [2.75, 3.05) is 5.88 Å². The molecule has 0 spiro atoms. The molecule has 0 amide bonds. The number of halogens is 2. The van der Waals surface area contributed by atoms with Gasteiger partial charge in [0.25, 0.3) is 0 Å². The lowest BCUT2D eigenvalue weighted by Gasteiger charge is -2.06. The Morgan fingerprint density at radius 3 is 2.94 bits per heavy atom. The van der Waals surface area contributed by atoms with Crippen LogP contribution in [0.15, 0.2) is 12.3 Å². The van der Waals surface area contributed by atoms with Crippen LogP contribution in [-0.2, 0) is 13.0 Å². The zero-order valence-electron chi connectivity index (χ0n) is 9.79. The first-order chi connectivity index (χ1) is 8.26. The average molecular weight is 272 g/mol. The van der Waals surface area contributed by atoms with Gasteiger partial charge in [0.15, 0.2) is 5.65 Å². The van der Waals surface area contributed by atoms with Crippen molar-refractivity contribution in [1.82, 2.24) is 14.5 Å². The standard InChI is InChI=1S/C12H15Cl2N3/c1-2-3-6-17-11(4-5-13)16-10-7-9(14)8-15-12(10)17/h7-8H,2-6H2,1H3. The summed E-state index contributed by atoms with van der Waals surface area (Å²) in [5.41, 5.74) is 1.76. The van der Waals surface area contributed by atoms with Crippen LogP contribution >= 0.6 is 23.2 Å². The summed E-state index contributed by atoms with van der Waals surface area (Å²) in [4.78, 5) is 8.91. The highest BCUT2D eigenvalue weighted by Gasteiger charge is 2.11. The number of aryl methyl sites for hydroxylation is 2. The zero-order chi connectivity index (χ0) is 12.3. The van der Waals surface area contributed by atoms with E-state index in [2.05, 4.69) is 21.5 Å². The van der Waals surface area contributed by atoms with Gasteiger partial charge in [-0.05, 0) is 12.5 Å². The topological polar surface area (TPSA) is 30.7 Å². The van der Waals surface area contributed by atoms with E-state index in [1.165, 1.54) is 0 Å². The van der Waals surface area contributed by atoms with Crippen LogP contribution in [0.5, 0.6) is 0 Å². The van der Waals surface area contributed by atoms with Gasteiger partial charge in [0.05, 0.1) is 5.02 Å². The van der Waals surface area contributed by atoms with Gasteiger partial charge in [-0.3, -0.25) is 0 Å². The number of hydrogen-bond donors (Lipinski definition) is 0. The quantitative estimate of drug-likeness (QED) is 0.777. The summed E-state index contributed by atoms with van der Waals surface area (Å²) in [6.45, 7) is 3.11. The second-order valence-electron chi connectivity index (χ2n) is 3.97. The molecular formula is C12H15Cl2N3.